The third-order valence-electron chi connectivity index (χ3n) is 5.63. The minimum atomic E-state index is -0.382. The molecule has 0 spiro atoms. The van der Waals surface area contributed by atoms with Crippen LogP contribution in [0.5, 0.6) is 5.75 Å². The van der Waals surface area contributed by atoms with Crippen molar-refractivity contribution in [2.75, 3.05) is 10.2 Å². The van der Waals surface area contributed by atoms with Crippen LogP contribution in [0.2, 0.25) is 0 Å². The van der Waals surface area contributed by atoms with E-state index < -0.39 is 0 Å². The van der Waals surface area contributed by atoms with Crippen LogP contribution in [0.4, 0.5) is 11.4 Å². The zero-order valence-corrected chi connectivity index (χ0v) is 19.6. The molecule has 1 N–H and O–H groups in total. The lowest BCUT2D eigenvalue weighted by Crippen LogP contribution is -2.32. The van der Waals surface area contributed by atoms with Crippen LogP contribution in [0.25, 0.3) is 5.57 Å². The van der Waals surface area contributed by atoms with Crippen LogP contribution in [0, 0.1) is 20.8 Å². The highest BCUT2D eigenvalue weighted by Crippen LogP contribution is 2.35. The third-order valence-corrected chi connectivity index (χ3v) is 5.63. The number of hydrogen-bond acceptors (Lipinski definition) is 4. The molecule has 0 radical (unpaired) electrons. The predicted molar refractivity (Wildman–Crippen MR) is 132 cm³/mol. The van der Waals surface area contributed by atoms with E-state index in [9.17, 15) is 9.59 Å². The average molecular weight is 441 g/mol. The van der Waals surface area contributed by atoms with Crippen LogP contribution in [0.15, 0.2) is 72.4 Å². The summed E-state index contributed by atoms with van der Waals surface area (Å²) in [6.07, 6.45) is 0.0362. The maximum absolute atomic E-state index is 13.6. The number of ether oxygens (including phenoxy) is 1. The number of carbonyl (C=O) groups is 2. The van der Waals surface area contributed by atoms with Crippen LogP contribution >= 0.6 is 0 Å². The van der Waals surface area contributed by atoms with Gasteiger partial charge in [-0.1, -0.05) is 30.3 Å². The number of rotatable bonds is 6. The highest BCUT2D eigenvalue weighted by atomic mass is 16.5. The van der Waals surface area contributed by atoms with E-state index in [0.717, 1.165) is 22.4 Å². The van der Waals surface area contributed by atoms with E-state index in [0.29, 0.717) is 22.6 Å². The summed E-state index contributed by atoms with van der Waals surface area (Å²) in [5.41, 5.74) is 5.87. The number of anilines is 2. The minimum absolute atomic E-state index is 0.0362. The number of benzene rings is 3. The number of nitrogens with one attached hydrogen (secondary N) is 1. The smallest absolute Gasteiger partial charge is 0.282 e. The van der Waals surface area contributed by atoms with Gasteiger partial charge in [0.15, 0.2) is 0 Å². The molecule has 0 atom stereocenters. The van der Waals surface area contributed by atoms with Gasteiger partial charge in [-0.05, 0) is 93.3 Å². The zero-order valence-electron chi connectivity index (χ0n) is 19.6. The summed E-state index contributed by atoms with van der Waals surface area (Å²) < 4.78 is 5.70. The third kappa shape index (κ3) is 4.53. The fourth-order valence-corrected chi connectivity index (χ4v) is 3.86. The second kappa shape index (κ2) is 8.94. The summed E-state index contributed by atoms with van der Waals surface area (Å²) in [4.78, 5) is 28.4. The second-order valence-electron chi connectivity index (χ2n) is 8.65. The molecule has 1 aliphatic rings. The number of nitrogens with zero attached hydrogens (tertiary/aromatic N) is 1. The molecular formula is C28H28N2O3. The fourth-order valence-electron chi connectivity index (χ4n) is 3.86. The molecule has 3 aromatic rings. The molecule has 0 saturated carbocycles. The Kier molecular flexibility index (Phi) is 6.05. The molecule has 0 aromatic heterocycles. The van der Waals surface area contributed by atoms with Gasteiger partial charge in [0.2, 0.25) is 0 Å². The van der Waals surface area contributed by atoms with Crippen molar-refractivity contribution in [3.05, 3.63) is 94.7 Å². The van der Waals surface area contributed by atoms with E-state index in [4.69, 9.17) is 4.74 Å². The summed E-state index contributed by atoms with van der Waals surface area (Å²) >= 11 is 0. The Labute approximate surface area is 194 Å². The molecule has 0 bridgehead atoms. The highest BCUT2D eigenvalue weighted by Gasteiger charge is 2.40. The van der Waals surface area contributed by atoms with E-state index in [1.54, 1.807) is 24.3 Å². The summed E-state index contributed by atoms with van der Waals surface area (Å²) in [5.74, 6) is -0.0449. The van der Waals surface area contributed by atoms with Gasteiger partial charge < -0.3 is 10.1 Å². The number of aryl methyl sites for hydroxylation is 3. The quantitative estimate of drug-likeness (QED) is 0.493. The van der Waals surface area contributed by atoms with Crippen LogP contribution < -0.4 is 15.0 Å². The fraction of sp³-hybridized carbons (Fsp3) is 0.214. The topological polar surface area (TPSA) is 58.6 Å². The lowest BCUT2D eigenvalue weighted by molar-refractivity contribution is -0.120. The monoisotopic (exact) mass is 440 g/mol. The maximum Gasteiger partial charge on any atom is 0.282 e. The summed E-state index contributed by atoms with van der Waals surface area (Å²) in [6.45, 7) is 9.90. The molecule has 168 valence electrons. The van der Waals surface area contributed by atoms with Gasteiger partial charge in [-0.25, -0.2) is 4.90 Å². The first-order valence-electron chi connectivity index (χ1n) is 11.1. The van der Waals surface area contributed by atoms with Gasteiger partial charge in [0.05, 0.1) is 17.4 Å². The highest BCUT2D eigenvalue weighted by molar-refractivity contribution is 6.46. The summed E-state index contributed by atoms with van der Waals surface area (Å²) in [7, 11) is 0. The Balaban J connectivity index is 1.77. The van der Waals surface area contributed by atoms with Crippen molar-refractivity contribution in [3.63, 3.8) is 0 Å². The van der Waals surface area contributed by atoms with Crippen molar-refractivity contribution >= 4 is 28.8 Å². The van der Waals surface area contributed by atoms with Gasteiger partial charge in [-0.2, -0.15) is 0 Å². The zero-order chi connectivity index (χ0) is 23.7. The second-order valence-corrected chi connectivity index (χ2v) is 8.65. The molecule has 0 aliphatic carbocycles. The van der Waals surface area contributed by atoms with Gasteiger partial charge in [-0.3, -0.25) is 9.59 Å². The Bertz CT molecular complexity index is 1260. The first-order valence-corrected chi connectivity index (χ1v) is 11.1. The van der Waals surface area contributed by atoms with Gasteiger partial charge in [-0.15, -0.1) is 0 Å². The molecule has 1 heterocycles. The number of imide groups is 1. The van der Waals surface area contributed by atoms with Gasteiger partial charge in [0.1, 0.15) is 11.4 Å². The summed E-state index contributed by atoms with van der Waals surface area (Å²) in [6, 6.07) is 20.6. The Morgan fingerprint density at radius 3 is 2.18 bits per heavy atom. The molecule has 0 fully saturated rings. The van der Waals surface area contributed by atoms with E-state index in [2.05, 4.69) is 5.32 Å². The van der Waals surface area contributed by atoms with Crippen LogP contribution in [0.3, 0.4) is 0 Å². The molecule has 4 rings (SSSR count). The Morgan fingerprint density at radius 2 is 1.55 bits per heavy atom. The normalized spacial score (nSPS) is 13.8. The molecule has 0 saturated heterocycles. The number of carbonyl (C=O) groups excluding carboxylic acids is 2. The molecule has 33 heavy (non-hydrogen) atoms. The number of amides is 2. The van der Waals surface area contributed by atoms with Crippen LogP contribution in [0.1, 0.15) is 36.1 Å². The lowest BCUT2D eigenvalue weighted by atomic mass is 9.99. The number of hydrogen-bond donors (Lipinski definition) is 1. The minimum Gasteiger partial charge on any atom is -0.491 e. The largest absolute Gasteiger partial charge is 0.491 e. The Hall–Kier alpha value is -3.86. The lowest BCUT2D eigenvalue weighted by Gasteiger charge is -2.17. The van der Waals surface area contributed by atoms with Gasteiger partial charge >= 0.3 is 0 Å². The maximum atomic E-state index is 13.6. The van der Waals surface area contributed by atoms with Crippen molar-refractivity contribution in [2.45, 2.75) is 40.7 Å². The van der Waals surface area contributed by atoms with E-state index >= 15 is 0 Å². The van der Waals surface area contributed by atoms with Crippen molar-refractivity contribution in [2.24, 2.45) is 0 Å². The van der Waals surface area contributed by atoms with Crippen LogP contribution in [-0.2, 0) is 9.59 Å². The molecule has 0 unspecified atom stereocenters. The Morgan fingerprint density at radius 1 is 0.818 bits per heavy atom. The van der Waals surface area contributed by atoms with E-state index in [1.807, 2.05) is 77.1 Å². The average Bonchev–Trinajstić information content (AvgIpc) is 3.00. The first-order chi connectivity index (χ1) is 15.7. The molecule has 3 aromatic carbocycles. The van der Waals surface area contributed by atoms with Crippen molar-refractivity contribution in [1.82, 2.24) is 0 Å². The van der Waals surface area contributed by atoms with E-state index in [1.165, 1.54) is 4.90 Å². The standard InChI is InChI=1S/C28H28N2O3/c1-17(2)33-24-13-11-23(12-14-24)30-27(31)25(21-10-9-19(4)20(5)16-21)26(28(30)32)29-22-8-6-7-18(3)15-22/h6-17,29H,1-5H3. The predicted octanol–water partition coefficient (Wildman–Crippen LogP) is 5.80. The van der Waals surface area contributed by atoms with Crippen molar-refractivity contribution < 1.29 is 14.3 Å². The van der Waals surface area contributed by atoms with Crippen molar-refractivity contribution in [1.29, 1.82) is 0 Å². The molecule has 5 heteroatoms. The van der Waals surface area contributed by atoms with Gasteiger partial charge in [0.25, 0.3) is 11.8 Å². The molecule has 5 nitrogen and oxygen atoms in total. The summed E-state index contributed by atoms with van der Waals surface area (Å²) in [5, 5.41) is 3.22. The SMILES string of the molecule is Cc1cccc(NC2=C(c3ccc(C)c(C)c3)C(=O)N(c3ccc(OC(C)C)cc3)C2=O)c1. The van der Waals surface area contributed by atoms with Crippen molar-refractivity contribution in [3.8, 4) is 5.75 Å². The first kappa shape index (κ1) is 22.3. The molecule has 2 amide bonds. The van der Waals surface area contributed by atoms with E-state index in [-0.39, 0.29) is 23.6 Å². The molecular weight excluding hydrogens is 412 g/mol. The molecule has 1 aliphatic heterocycles. The van der Waals surface area contributed by atoms with Gasteiger partial charge in [0, 0.05) is 5.69 Å². The van der Waals surface area contributed by atoms with Crippen LogP contribution in [-0.4, -0.2) is 17.9 Å².